The molecule has 1 saturated carbocycles. The fourth-order valence-corrected chi connectivity index (χ4v) is 5.31. The minimum absolute atomic E-state index is 0.0165. The van der Waals surface area contributed by atoms with Crippen molar-refractivity contribution in [2.45, 2.75) is 76.3 Å². The molecule has 5 heteroatoms. The maximum atomic E-state index is 11.1. The van der Waals surface area contributed by atoms with Crippen molar-refractivity contribution < 1.29 is 25.5 Å². The molecule has 3 aliphatic carbocycles. The molecule has 0 amide bonds. The van der Waals surface area contributed by atoms with Gasteiger partial charge in [0.2, 0.25) is 0 Å². The van der Waals surface area contributed by atoms with Crippen LogP contribution in [0.25, 0.3) is 0 Å². The van der Waals surface area contributed by atoms with Crippen LogP contribution in [0.3, 0.4) is 0 Å². The predicted molar refractivity (Wildman–Crippen MR) is 99.3 cm³/mol. The predicted octanol–water partition coefficient (Wildman–Crippen LogP) is 1.60. The van der Waals surface area contributed by atoms with Crippen LogP contribution >= 0.6 is 0 Å². The summed E-state index contributed by atoms with van der Waals surface area (Å²) in [5.41, 5.74) is 1.28. The summed E-state index contributed by atoms with van der Waals surface area (Å²) in [5, 5.41) is 51.1. The van der Waals surface area contributed by atoms with Crippen LogP contribution < -0.4 is 0 Å². The van der Waals surface area contributed by atoms with Crippen molar-refractivity contribution in [3.63, 3.8) is 0 Å². The van der Waals surface area contributed by atoms with Gasteiger partial charge in [-0.15, -0.1) is 0 Å². The molecule has 0 aliphatic heterocycles. The molecule has 0 heterocycles. The minimum Gasteiger partial charge on any atom is -0.394 e. The second kappa shape index (κ2) is 7.21. The molecule has 146 valence electrons. The van der Waals surface area contributed by atoms with Gasteiger partial charge in [-0.3, -0.25) is 0 Å². The second-order valence-electron chi connectivity index (χ2n) is 8.61. The van der Waals surface area contributed by atoms with Crippen LogP contribution in [0, 0.1) is 11.3 Å². The third kappa shape index (κ3) is 3.20. The summed E-state index contributed by atoms with van der Waals surface area (Å²) in [4.78, 5) is 0. The van der Waals surface area contributed by atoms with E-state index in [-0.39, 0.29) is 12.0 Å². The molecule has 26 heavy (non-hydrogen) atoms. The molecule has 5 nitrogen and oxygen atoms in total. The van der Waals surface area contributed by atoms with Gasteiger partial charge in [0.1, 0.15) is 6.10 Å². The summed E-state index contributed by atoms with van der Waals surface area (Å²) >= 11 is 0. The minimum atomic E-state index is -1.41. The zero-order valence-corrected chi connectivity index (χ0v) is 15.7. The van der Waals surface area contributed by atoms with Gasteiger partial charge in [-0.2, -0.15) is 0 Å². The molecular weight excluding hydrogens is 332 g/mol. The number of fused-ring (bicyclic) bond motifs is 1. The normalized spacial score (nSPS) is 42.1. The summed E-state index contributed by atoms with van der Waals surface area (Å²) in [6.07, 6.45) is 7.47. The van der Waals surface area contributed by atoms with Crippen LogP contribution in [0.5, 0.6) is 0 Å². The highest BCUT2D eigenvalue weighted by Gasteiger charge is 2.61. The van der Waals surface area contributed by atoms with Crippen molar-refractivity contribution >= 4 is 0 Å². The summed E-state index contributed by atoms with van der Waals surface area (Å²) in [6, 6.07) is 0. The van der Waals surface area contributed by atoms with Crippen molar-refractivity contribution in [3.05, 3.63) is 34.9 Å². The second-order valence-corrected chi connectivity index (χ2v) is 8.61. The molecule has 3 rings (SSSR count). The number of allylic oxidation sites excluding steroid dienone is 4. The van der Waals surface area contributed by atoms with Crippen molar-refractivity contribution in [3.8, 4) is 0 Å². The number of aliphatic hydroxyl groups is 5. The number of hydrogen-bond donors (Lipinski definition) is 5. The van der Waals surface area contributed by atoms with Crippen molar-refractivity contribution in [1.82, 2.24) is 0 Å². The van der Waals surface area contributed by atoms with Crippen LogP contribution in [-0.4, -0.2) is 56.1 Å². The van der Waals surface area contributed by atoms with Crippen molar-refractivity contribution in [1.29, 1.82) is 0 Å². The SMILES string of the molecule is CC1=C(/C=C/C2=C[C@@H](O)C[C@@]3(C)[C@H]2CC[C@]3(O)[C@@H](O)CO)C[C@H](O)CC1. The van der Waals surface area contributed by atoms with Gasteiger partial charge in [0.15, 0.2) is 0 Å². The van der Waals surface area contributed by atoms with Crippen LogP contribution in [-0.2, 0) is 0 Å². The Balaban J connectivity index is 1.89. The topological polar surface area (TPSA) is 101 Å². The quantitative estimate of drug-likeness (QED) is 0.522. The lowest BCUT2D eigenvalue weighted by atomic mass is 9.61. The van der Waals surface area contributed by atoms with Gasteiger partial charge in [-0.1, -0.05) is 30.7 Å². The van der Waals surface area contributed by atoms with E-state index in [1.54, 1.807) is 0 Å². The van der Waals surface area contributed by atoms with Crippen molar-refractivity contribution in [2.24, 2.45) is 11.3 Å². The molecule has 0 aromatic carbocycles. The van der Waals surface area contributed by atoms with Crippen LogP contribution in [0.15, 0.2) is 34.9 Å². The molecule has 5 N–H and O–H groups in total. The lowest BCUT2D eigenvalue weighted by Gasteiger charge is -2.48. The molecule has 1 fully saturated rings. The lowest BCUT2D eigenvalue weighted by molar-refractivity contribution is -0.165. The Hall–Kier alpha value is -0.980. The largest absolute Gasteiger partial charge is 0.394 e. The first kappa shape index (κ1) is 19.8. The zero-order valence-electron chi connectivity index (χ0n) is 15.7. The Labute approximate surface area is 155 Å². The smallest absolute Gasteiger partial charge is 0.106 e. The molecular formula is C21H32O5. The van der Waals surface area contributed by atoms with Gasteiger partial charge in [-0.05, 0) is 62.5 Å². The Bertz CT molecular complexity index is 636. The maximum Gasteiger partial charge on any atom is 0.106 e. The molecule has 0 saturated heterocycles. The molecule has 0 spiro atoms. The highest BCUT2D eigenvalue weighted by Crippen LogP contribution is 2.59. The van der Waals surface area contributed by atoms with E-state index in [9.17, 15) is 25.5 Å². The van der Waals surface area contributed by atoms with Crippen LogP contribution in [0.2, 0.25) is 0 Å². The summed E-state index contributed by atoms with van der Waals surface area (Å²) in [6.45, 7) is 3.50. The van der Waals surface area contributed by atoms with E-state index in [1.165, 1.54) is 5.57 Å². The van der Waals surface area contributed by atoms with Crippen LogP contribution in [0.4, 0.5) is 0 Å². The van der Waals surface area contributed by atoms with E-state index >= 15 is 0 Å². The van der Waals surface area contributed by atoms with E-state index in [0.29, 0.717) is 25.7 Å². The van der Waals surface area contributed by atoms with E-state index in [2.05, 4.69) is 6.92 Å². The number of hydrogen-bond acceptors (Lipinski definition) is 5. The molecule has 0 bridgehead atoms. The first-order chi connectivity index (χ1) is 12.2. The van der Waals surface area contributed by atoms with E-state index < -0.39 is 29.8 Å². The van der Waals surface area contributed by atoms with Gasteiger partial charge in [-0.25, -0.2) is 0 Å². The Kier molecular flexibility index (Phi) is 5.48. The first-order valence-corrected chi connectivity index (χ1v) is 9.67. The molecule has 6 atom stereocenters. The fraction of sp³-hybridized carbons (Fsp3) is 0.714. The van der Waals surface area contributed by atoms with Gasteiger partial charge < -0.3 is 25.5 Å². The molecule has 0 aromatic rings. The van der Waals surface area contributed by atoms with Gasteiger partial charge in [0, 0.05) is 5.41 Å². The van der Waals surface area contributed by atoms with Crippen molar-refractivity contribution in [2.75, 3.05) is 6.61 Å². The molecule has 0 radical (unpaired) electrons. The van der Waals surface area contributed by atoms with E-state index in [4.69, 9.17) is 0 Å². The van der Waals surface area contributed by atoms with E-state index in [0.717, 1.165) is 24.0 Å². The average molecular weight is 364 g/mol. The molecule has 0 aromatic heterocycles. The summed E-state index contributed by atoms with van der Waals surface area (Å²) in [7, 11) is 0. The van der Waals surface area contributed by atoms with Gasteiger partial charge >= 0.3 is 0 Å². The fourth-order valence-electron chi connectivity index (χ4n) is 5.31. The summed E-state index contributed by atoms with van der Waals surface area (Å²) in [5.74, 6) is 0.0165. The Morgan fingerprint density at radius 2 is 2.00 bits per heavy atom. The third-order valence-electron chi connectivity index (χ3n) is 7.05. The maximum absolute atomic E-state index is 11.1. The number of aliphatic hydroxyl groups excluding tert-OH is 4. The van der Waals surface area contributed by atoms with E-state index in [1.807, 2.05) is 25.2 Å². The molecule has 0 unspecified atom stereocenters. The zero-order chi connectivity index (χ0) is 19.1. The lowest BCUT2D eigenvalue weighted by Crippen LogP contribution is -2.56. The summed E-state index contributed by atoms with van der Waals surface area (Å²) < 4.78 is 0. The monoisotopic (exact) mass is 364 g/mol. The number of rotatable bonds is 4. The Morgan fingerprint density at radius 1 is 1.27 bits per heavy atom. The standard InChI is InChI=1S/C21H32O5/c1-13-3-6-16(23)9-14(13)4-5-15-10-17(24)11-20(2)18(15)7-8-21(20,26)19(25)12-22/h4-5,10,16-19,22-26H,3,6-9,11-12H2,1-2H3/b5-4+/t16-,17-,18+,19+,20+,21+/m1/s1. The molecule has 3 aliphatic rings. The highest BCUT2D eigenvalue weighted by molar-refractivity contribution is 5.38. The first-order valence-electron chi connectivity index (χ1n) is 9.67. The van der Waals surface area contributed by atoms with Crippen LogP contribution in [0.1, 0.15) is 52.4 Å². The third-order valence-corrected chi connectivity index (χ3v) is 7.05. The highest BCUT2D eigenvalue weighted by atomic mass is 16.4. The van der Waals surface area contributed by atoms with Gasteiger partial charge in [0.05, 0.1) is 24.4 Å². The average Bonchev–Trinajstić information content (AvgIpc) is 2.86. The van der Waals surface area contributed by atoms with Gasteiger partial charge in [0.25, 0.3) is 0 Å². The Morgan fingerprint density at radius 3 is 2.69 bits per heavy atom.